The highest BCUT2D eigenvalue weighted by atomic mass is 16.5. The summed E-state index contributed by atoms with van der Waals surface area (Å²) in [5, 5.41) is 9.81. The summed E-state index contributed by atoms with van der Waals surface area (Å²) in [5.74, 6) is 1.04. The lowest BCUT2D eigenvalue weighted by Crippen LogP contribution is -2.50. The lowest BCUT2D eigenvalue weighted by molar-refractivity contribution is 0.0568. The summed E-state index contributed by atoms with van der Waals surface area (Å²) in [5.41, 5.74) is 3.43. The Morgan fingerprint density at radius 1 is 1.09 bits per heavy atom. The summed E-state index contributed by atoms with van der Waals surface area (Å²) in [6.07, 6.45) is 1.89. The van der Waals surface area contributed by atoms with Crippen molar-refractivity contribution in [1.29, 1.82) is 0 Å². The molecule has 1 aliphatic rings. The van der Waals surface area contributed by atoms with Gasteiger partial charge in [-0.2, -0.15) is 0 Å². The number of hydrogen-bond donors (Lipinski definition) is 1. The molecule has 1 N–H and O–H groups in total. The zero-order valence-corrected chi connectivity index (χ0v) is 14.2. The fourth-order valence-corrected chi connectivity index (χ4v) is 3.22. The van der Waals surface area contributed by atoms with Gasteiger partial charge in [0.2, 0.25) is 0 Å². The number of aryl methyl sites for hydroxylation is 1. The maximum atomic E-state index is 9.81. The molecular weight excluding hydrogens is 286 g/mol. The van der Waals surface area contributed by atoms with Crippen molar-refractivity contribution in [3.8, 4) is 11.5 Å². The van der Waals surface area contributed by atoms with Gasteiger partial charge in [0.25, 0.3) is 0 Å². The quantitative estimate of drug-likeness (QED) is 0.891. The van der Waals surface area contributed by atoms with E-state index in [1.54, 1.807) is 12.1 Å². The van der Waals surface area contributed by atoms with Crippen LogP contribution in [0.1, 0.15) is 37.8 Å². The van der Waals surface area contributed by atoms with Crippen LogP contribution in [0.25, 0.3) is 0 Å². The van der Waals surface area contributed by atoms with E-state index in [1.165, 1.54) is 11.1 Å². The number of rotatable bonds is 4. The van der Waals surface area contributed by atoms with Gasteiger partial charge in [-0.25, -0.2) is 0 Å². The number of phenols is 1. The van der Waals surface area contributed by atoms with Crippen LogP contribution in [0.15, 0.2) is 42.5 Å². The van der Waals surface area contributed by atoms with Crippen molar-refractivity contribution in [1.82, 2.24) is 0 Å². The van der Waals surface area contributed by atoms with E-state index >= 15 is 0 Å². The fourth-order valence-electron chi connectivity index (χ4n) is 3.22. The number of hydrogen-bond acceptors (Lipinski definition) is 3. The van der Waals surface area contributed by atoms with Crippen LogP contribution in [0.4, 0.5) is 5.69 Å². The molecule has 3 rings (SSSR count). The van der Waals surface area contributed by atoms with Gasteiger partial charge in [-0.05, 0) is 37.5 Å². The first-order chi connectivity index (χ1) is 11.0. The Morgan fingerprint density at radius 3 is 2.43 bits per heavy atom. The van der Waals surface area contributed by atoms with Gasteiger partial charge in [0.1, 0.15) is 17.1 Å². The molecule has 3 heteroatoms. The Hall–Kier alpha value is -2.16. The third-order valence-corrected chi connectivity index (χ3v) is 4.87. The molecule has 1 heterocycles. The molecule has 23 heavy (non-hydrogen) atoms. The molecule has 0 aliphatic carbocycles. The average molecular weight is 311 g/mol. The van der Waals surface area contributed by atoms with E-state index in [-0.39, 0.29) is 11.4 Å². The predicted octanol–water partition coefficient (Wildman–Crippen LogP) is 4.66. The molecule has 0 aromatic heterocycles. The predicted molar refractivity (Wildman–Crippen MR) is 94.3 cm³/mol. The topological polar surface area (TPSA) is 32.7 Å². The van der Waals surface area contributed by atoms with E-state index in [2.05, 4.69) is 49.9 Å². The molecule has 2 aromatic rings. The second-order valence-corrected chi connectivity index (χ2v) is 6.49. The monoisotopic (exact) mass is 311 g/mol. The zero-order chi connectivity index (χ0) is 16.4. The molecule has 2 aromatic carbocycles. The number of fused-ring (bicyclic) bond motifs is 1. The second-order valence-electron chi connectivity index (χ2n) is 6.49. The minimum atomic E-state index is -0.189. The number of anilines is 1. The van der Waals surface area contributed by atoms with E-state index in [1.807, 2.05) is 6.07 Å². The Labute approximate surface area is 138 Å². The molecule has 0 amide bonds. The van der Waals surface area contributed by atoms with Crippen LogP contribution in [-0.4, -0.2) is 17.3 Å². The van der Waals surface area contributed by atoms with Crippen molar-refractivity contribution < 1.29 is 9.84 Å². The zero-order valence-electron chi connectivity index (χ0n) is 14.2. The Balaban J connectivity index is 1.96. The molecule has 0 bridgehead atoms. The largest absolute Gasteiger partial charge is 0.508 e. The van der Waals surface area contributed by atoms with Gasteiger partial charge in [-0.1, -0.05) is 43.7 Å². The van der Waals surface area contributed by atoms with Crippen LogP contribution < -0.4 is 9.64 Å². The summed E-state index contributed by atoms with van der Waals surface area (Å²) in [6.45, 7) is 8.16. The number of ether oxygens (including phenoxy) is 1. The highest BCUT2D eigenvalue weighted by Gasteiger charge is 2.37. The van der Waals surface area contributed by atoms with Crippen LogP contribution >= 0.6 is 0 Å². The summed E-state index contributed by atoms with van der Waals surface area (Å²) in [4.78, 5) is 2.37. The van der Waals surface area contributed by atoms with Crippen molar-refractivity contribution in [2.24, 2.45) is 0 Å². The van der Waals surface area contributed by atoms with Gasteiger partial charge in [0.05, 0.1) is 12.2 Å². The maximum absolute atomic E-state index is 9.81. The third kappa shape index (κ3) is 3.14. The highest BCUT2D eigenvalue weighted by molar-refractivity contribution is 5.63. The van der Waals surface area contributed by atoms with E-state index < -0.39 is 0 Å². The minimum Gasteiger partial charge on any atom is -0.508 e. The number of aromatic hydroxyl groups is 1. The molecule has 122 valence electrons. The molecule has 0 saturated heterocycles. The SMILES string of the molecule is CCC1(CC)CN(Cc2ccc(C)cc2)c2ccc(O)cc2O1. The molecule has 0 radical (unpaired) electrons. The first-order valence-electron chi connectivity index (χ1n) is 8.38. The summed E-state index contributed by atoms with van der Waals surface area (Å²) < 4.78 is 6.28. The fraction of sp³-hybridized carbons (Fsp3) is 0.400. The smallest absolute Gasteiger partial charge is 0.147 e. The molecule has 0 unspecified atom stereocenters. The minimum absolute atomic E-state index is 0.189. The van der Waals surface area contributed by atoms with Crippen LogP contribution in [0, 0.1) is 6.92 Å². The summed E-state index contributed by atoms with van der Waals surface area (Å²) >= 11 is 0. The van der Waals surface area contributed by atoms with Crippen molar-refractivity contribution in [2.45, 2.75) is 45.8 Å². The first kappa shape index (κ1) is 15.7. The molecule has 0 atom stereocenters. The maximum Gasteiger partial charge on any atom is 0.147 e. The molecular formula is C20H25NO2. The second kappa shape index (κ2) is 6.15. The van der Waals surface area contributed by atoms with Crippen molar-refractivity contribution in [2.75, 3.05) is 11.4 Å². The normalized spacial score (nSPS) is 15.9. The third-order valence-electron chi connectivity index (χ3n) is 4.87. The molecule has 1 aliphatic heterocycles. The first-order valence-corrected chi connectivity index (χ1v) is 8.38. The van der Waals surface area contributed by atoms with Crippen molar-refractivity contribution in [3.05, 3.63) is 53.6 Å². The number of benzene rings is 2. The van der Waals surface area contributed by atoms with Gasteiger partial charge in [0, 0.05) is 12.6 Å². The molecule has 0 saturated carbocycles. The van der Waals surface area contributed by atoms with Crippen molar-refractivity contribution >= 4 is 5.69 Å². The standard InChI is InChI=1S/C20H25NO2/c1-4-20(5-2)14-21(13-16-8-6-15(3)7-9-16)18-11-10-17(22)12-19(18)23-20/h6-12,22H,4-5,13-14H2,1-3H3. The van der Waals surface area contributed by atoms with E-state index in [0.717, 1.165) is 37.4 Å². The lowest BCUT2D eigenvalue weighted by Gasteiger charge is -2.44. The van der Waals surface area contributed by atoms with Crippen LogP contribution in [0.2, 0.25) is 0 Å². The van der Waals surface area contributed by atoms with Gasteiger partial charge in [-0.15, -0.1) is 0 Å². The van der Waals surface area contributed by atoms with E-state index in [0.29, 0.717) is 0 Å². The van der Waals surface area contributed by atoms with Crippen LogP contribution in [0.3, 0.4) is 0 Å². The highest BCUT2D eigenvalue weighted by Crippen LogP contribution is 2.42. The van der Waals surface area contributed by atoms with E-state index in [4.69, 9.17) is 4.74 Å². The molecule has 0 fully saturated rings. The molecule has 3 nitrogen and oxygen atoms in total. The van der Waals surface area contributed by atoms with Gasteiger partial charge >= 0.3 is 0 Å². The van der Waals surface area contributed by atoms with Crippen LogP contribution in [0.5, 0.6) is 11.5 Å². The average Bonchev–Trinajstić information content (AvgIpc) is 2.56. The van der Waals surface area contributed by atoms with E-state index in [9.17, 15) is 5.11 Å². The van der Waals surface area contributed by atoms with Crippen LogP contribution in [-0.2, 0) is 6.54 Å². The van der Waals surface area contributed by atoms with Gasteiger partial charge in [0.15, 0.2) is 0 Å². The summed E-state index contributed by atoms with van der Waals surface area (Å²) in [7, 11) is 0. The number of phenolic OH excluding ortho intramolecular Hbond substituents is 1. The van der Waals surface area contributed by atoms with Crippen molar-refractivity contribution in [3.63, 3.8) is 0 Å². The molecule has 0 spiro atoms. The van der Waals surface area contributed by atoms with Gasteiger partial charge in [-0.3, -0.25) is 0 Å². The lowest BCUT2D eigenvalue weighted by atomic mass is 9.93. The Morgan fingerprint density at radius 2 is 1.78 bits per heavy atom. The Bertz CT molecular complexity index is 675. The Kier molecular flexibility index (Phi) is 4.20. The van der Waals surface area contributed by atoms with Gasteiger partial charge < -0.3 is 14.7 Å². The number of nitrogens with zero attached hydrogens (tertiary/aromatic N) is 1. The summed E-state index contributed by atoms with van der Waals surface area (Å²) in [6, 6.07) is 14.1.